The van der Waals surface area contributed by atoms with Gasteiger partial charge < -0.3 is 5.11 Å². The summed E-state index contributed by atoms with van der Waals surface area (Å²) in [4.78, 5) is 0. The number of halogens is 1. The van der Waals surface area contributed by atoms with Crippen molar-refractivity contribution in [2.75, 3.05) is 0 Å². The summed E-state index contributed by atoms with van der Waals surface area (Å²) < 4.78 is 1.71. The lowest BCUT2D eigenvalue weighted by Gasteiger charge is -2.07. The van der Waals surface area contributed by atoms with Crippen molar-refractivity contribution >= 4 is 11.6 Å². The Kier molecular flexibility index (Phi) is 4.31. The predicted octanol–water partition coefficient (Wildman–Crippen LogP) is 3.60. The number of hydrogen-bond acceptors (Lipinski definition) is 3. The second kappa shape index (κ2) is 5.98. The highest BCUT2D eigenvalue weighted by atomic mass is 35.5. The van der Waals surface area contributed by atoms with Crippen molar-refractivity contribution in [3.8, 4) is 23.1 Å². The van der Waals surface area contributed by atoms with Gasteiger partial charge in [0.25, 0.3) is 0 Å². The fourth-order valence-electron chi connectivity index (χ4n) is 2.16. The molecule has 0 fully saturated rings. The molecule has 1 heterocycles. The van der Waals surface area contributed by atoms with Crippen LogP contribution in [0.25, 0.3) is 11.3 Å². The number of benzene rings is 1. The monoisotopic (exact) mass is 289 g/mol. The van der Waals surface area contributed by atoms with E-state index in [4.69, 9.17) is 16.9 Å². The molecule has 0 atom stereocenters. The van der Waals surface area contributed by atoms with Gasteiger partial charge in [-0.3, -0.25) is 4.68 Å². The third-order valence-corrected chi connectivity index (χ3v) is 3.58. The molecule has 2 aromatic rings. The van der Waals surface area contributed by atoms with E-state index in [1.54, 1.807) is 16.8 Å². The van der Waals surface area contributed by atoms with Crippen molar-refractivity contribution in [3.63, 3.8) is 0 Å². The zero-order chi connectivity index (χ0) is 14.7. The van der Waals surface area contributed by atoms with Crippen LogP contribution >= 0.6 is 11.6 Å². The Morgan fingerprint density at radius 3 is 2.90 bits per heavy atom. The number of hydrogen-bond donors (Lipinski definition) is 1. The summed E-state index contributed by atoms with van der Waals surface area (Å²) in [5.74, 6) is 0.173. The van der Waals surface area contributed by atoms with Crippen LogP contribution < -0.4 is 0 Å². The molecule has 0 aliphatic rings. The summed E-state index contributed by atoms with van der Waals surface area (Å²) in [5, 5.41) is 23.7. The molecule has 0 saturated carbocycles. The van der Waals surface area contributed by atoms with Gasteiger partial charge in [-0.25, -0.2) is 0 Å². The van der Waals surface area contributed by atoms with Gasteiger partial charge in [0.15, 0.2) is 0 Å². The van der Waals surface area contributed by atoms with E-state index in [1.807, 2.05) is 20.2 Å². The number of nitriles is 1. The van der Waals surface area contributed by atoms with Crippen LogP contribution in [0.1, 0.15) is 24.0 Å². The van der Waals surface area contributed by atoms with Crippen LogP contribution in [-0.4, -0.2) is 14.9 Å². The molecule has 0 unspecified atom stereocenters. The maximum atomic E-state index is 10.1. The average Bonchev–Trinajstić information content (AvgIpc) is 2.75. The van der Waals surface area contributed by atoms with Crippen molar-refractivity contribution in [2.45, 2.75) is 26.2 Å². The van der Waals surface area contributed by atoms with Crippen LogP contribution in [0, 0.1) is 18.3 Å². The molecule has 0 aliphatic heterocycles. The molecule has 1 N–H and O–H groups in total. The van der Waals surface area contributed by atoms with E-state index in [1.165, 1.54) is 0 Å². The van der Waals surface area contributed by atoms with Gasteiger partial charge in [-0.2, -0.15) is 10.4 Å². The highest BCUT2D eigenvalue weighted by molar-refractivity contribution is 6.31. The van der Waals surface area contributed by atoms with Crippen LogP contribution in [0.5, 0.6) is 5.75 Å². The standard InChI is InChI=1S/C15H16ClN3O/c1-10-7-14(20)12(8-13(10)16)15-11(5-3-4-6-17)9-19(2)18-15/h7-9,20H,3-5H2,1-2H3. The van der Waals surface area contributed by atoms with Gasteiger partial charge in [-0.1, -0.05) is 11.6 Å². The van der Waals surface area contributed by atoms with E-state index in [9.17, 15) is 5.11 Å². The normalized spacial score (nSPS) is 10.5. The highest BCUT2D eigenvalue weighted by Crippen LogP contribution is 2.35. The molecule has 0 bridgehead atoms. The number of aryl methyl sites for hydroxylation is 3. The van der Waals surface area contributed by atoms with Crippen LogP contribution in [0.4, 0.5) is 0 Å². The Balaban J connectivity index is 2.42. The van der Waals surface area contributed by atoms with E-state index >= 15 is 0 Å². The Hall–Kier alpha value is -1.99. The largest absolute Gasteiger partial charge is 0.507 e. The van der Waals surface area contributed by atoms with Crippen molar-refractivity contribution < 1.29 is 5.11 Å². The lowest BCUT2D eigenvalue weighted by atomic mass is 10.0. The number of phenolic OH excluding ortho intramolecular Hbond substituents is 1. The number of nitrogens with zero attached hydrogens (tertiary/aromatic N) is 3. The highest BCUT2D eigenvalue weighted by Gasteiger charge is 2.15. The van der Waals surface area contributed by atoms with Gasteiger partial charge in [-0.05, 0) is 43.0 Å². The topological polar surface area (TPSA) is 61.8 Å². The Bertz CT molecular complexity index is 670. The Labute approximate surface area is 123 Å². The first kappa shape index (κ1) is 14.4. The molecule has 0 saturated heterocycles. The number of unbranched alkanes of at least 4 members (excludes halogenated alkanes) is 1. The van der Waals surface area contributed by atoms with E-state index in [-0.39, 0.29) is 5.75 Å². The maximum absolute atomic E-state index is 10.1. The molecular formula is C15H16ClN3O. The van der Waals surface area contributed by atoms with Crippen LogP contribution in [0.15, 0.2) is 18.3 Å². The Morgan fingerprint density at radius 2 is 2.20 bits per heavy atom. The number of aromatic hydroxyl groups is 1. The second-order valence-electron chi connectivity index (χ2n) is 4.81. The first-order valence-corrected chi connectivity index (χ1v) is 6.79. The molecule has 0 spiro atoms. The minimum Gasteiger partial charge on any atom is -0.507 e. The first-order chi connectivity index (χ1) is 9.52. The fourth-order valence-corrected chi connectivity index (χ4v) is 2.32. The van der Waals surface area contributed by atoms with E-state index in [2.05, 4.69) is 11.2 Å². The zero-order valence-corrected chi connectivity index (χ0v) is 12.3. The summed E-state index contributed by atoms with van der Waals surface area (Å²) in [6.07, 6.45) is 3.95. The summed E-state index contributed by atoms with van der Waals surface area (Å²) in [6, 6.07) is 5.52. The molecule has 0 aliphatic carbocycles. The van der Waals surface area contributed by atoms with Crippen molar-refractivity contribution in [2.24, 2.45) is 7.05 Å². The van der Waals surface area contributed by atoms with Gasteiger partial charge in [0.1, 0.15) is 5.75 Å². The van der Waals surface area contributed by atoms with E-state index < -0.39 is 0 Å². The van der Waals surface area contributed by atoms with Crippen molar-refractivity contribution in [3.05, 3.63) is 34.5 Å². The SMILES string of the molecule is Cc1cc(O)c(-c2nn(C)cc2CCCC#N)cc1Cl. The molecule has 4 nitrogen and oxygen atoms in total. The predicted molar refractivity (Wildman–Crippen MR) is 78.6 cm³/mol. The van der Waals surface area contributed by atoms with Crippen LogP contribution in [-0.2, 0) is 13.5 Å². The zero-order valence-electron chi connectivity index (χ0n) is 11.5. The van der Waals surface area contributed by atoms with E-state index in [0.29, 0.717) is 17.0 Å². The molecule has 1 aromatic heterocycles. The van der Waals surface area contributed by atoms with Gasteiger partial charge in [0.2, 0.25) is 0 Å². The third-order valence-electron chi connectivity index (χ3n) is 3.17. The lowest BCUT2D eigenvalue weighted by Crippen LogP contribution is -1.90. The quantitative estimate of drug-likeness (QED) is 0.875. The fraction of sp³-hybridized carbons (Fsp3) is 0.333. The summed E-state index contributed by atoms with van der Waals surface area (Å²) in [7, 11) is 1.84. The van der Waals surface area contributed by atoms with Crippen LogP contribution in [0.2, 0.25) is 5.02 Å². The Morgan fingerprint density at radius 1 is 1.45 bits per heavy atom. The minimum atomic E-state index is 0.173. The van der Waals surface area contributed by atoms with Gasteiger partial charge >= 0.3 is 0 Å². The van der Waals surface area contributed by atoms with Crippen molar-refractivity contribution in [1.29, 1.82) is 5.26 Å². The van der Waals surface area contributed by atoms with Gasteiger partial charge in [0.05, 0.1) is 11.8 Å². The summed E-state index contributed by atoms with van der Waals surface area (Å²) >= 11 is 6.13. The molecule has 104 valence electrons. The summed E-state index contributed by atoms with van der Waals surface area (Å²) in [6.45, 7) is 1.85. The lowest BCUT2D eigenvalue weighted by molar-refractivity contribution is 0.476. The smallest absolute Gasteiger partial charge is 0.125 e. The number of aromatic nitrogens is 2. The third kappa shape index (κ3) is 2.94. The van der Waals surface area contributed by atoms with Gasteiger partial charge in [-0.15, -0.1) is 0 Å². The first-order valence-electron chi connectivity index (χ1n) is 6.42. The average molecular weight is 290 g/mol. The molecule has 1 aromatic carbocycles. The number of phenols is 1. The van der Waals surface area contributed by atoms with Crippen molar-refractivity contribution in [1.82, 2.24) is 9.78 Å². The summed E-state index contributed by atoms with van der Waals surface area (Å²) in [5.41, 5.74) is 3.20. The minimum absolute atomic E-state index is 0.173. The molecule has 20 heavy (non-hydrogen) atoms. The van der Waals surface area contributed by atoms with Crippen LogP contribution in [0.3, 0.4) is 0 Å². The molecular weight excluding hydrogens is 274 g/mol. The van der Waals surface area contributed by atoms with E-state index in [0.717, 1.165) is 29.7 Å². The molecule has 0 amide bonds. The maximum Gasteiger partial charge on any atom is 0.125 e. The molecule has 5 heteroatoms. The molecule has 2 rings (SSSR count). The second-order valence-corrected chi connectivity index (χ2v) is 5.21. The van der Waals surface area contributed by atoms with Gasteiger partial charge in [0, 0.05) is 30.3 Å². The molecule has 0 radical (unpaired) electrons. The number of rotatable bonds is 4.